The zero-order valence-electron chi connectivity index (χ0n) is 13.8. The van der Waals surface area contributed by atoms with Gasteiger partial charge in [0.15, 0.2) is 0 Å². The van der Waals surface area contributed by atoms with Gasteiger partial charge in [-0.3, -0.25) is 9.59 Å². The van der Waals surface area contributed by atoms with Crippen LogP contribution in [0.3, 0.4) is 0 Å². The van der Waals surface area contributed by atoms with Gasteiger partial charge in [0, 0.05) is 28.1 Å². The van der Waals surface area contributed by atoms with Crippen LogP contribution in [0.1, 0.15) is 30.6 Å². The number of fused-ring (bicyclic) bond motifs is 1. The van der Waals surface area contributed by atoms with Crippen molar-refractivity contribution in [1.29, 1.82) is 0 Å². The molecule has 1 aromatic carbocycles. The van der Waals surface area contributed by atoms with Crippen LogP contribution in [-0.2, 0) is 4.74 Å². The van der Waals surface area contributed by atoms with E-state index in [1.165, 1.54) is 6.20 Å². The molecule has 0 aliphatic carbocycles. The number of H-pyrrole nitrogens is 1. The van der Waals surface area contributed by atoms with Gasteiger partial charge in [0.25, 0.3) is 5.91 Å². The van der Waals surface area contributed by atoms with Gasteiger partial charge >= 0.3 is 0 Å². The number of benzene rings is 1. The summed E-state index contributed by atoms with van der Waals surface area (Å²) >= 11 is 3.38. The van der Waals surface area contributed by atoms with Crippen LogP contribution in [-0.4, -0.2) is 41.6 Å². The Morgan fingerprint density at radius 2 is 2.25 bits per heavy atom. The highest BCUT2D eigenvalue weighted by atomic mass is 79.9. The number of aromatic amines is 1. The maximum Gasteiger partial charge on any atom is 0.259 e. The first-order valence-corrected chi connectivity index (χ1v) is 8.96. The number of halogens is 1. The Hall–Kier alpha value is -1.66. The second-order valence-electron chi connectivity index (χ2n) is 6.58. The first kappa shape index (κ1) is 17.2. The third-order valence-corrected chi connectivity index (χ3v) is 4.80. The number of nitrogens with one attached hydrogen (secondary N) is 1. The van der Waals surface area contributed by atoms with Crippen molar-refractivity contribution in [1.82, 2.24) is 9.88 Å². The molecule has 0 spiro atoms. The van der Waals surface area contributed by atoms with Crippen LogP contribution in [0.25, 0.3) is 10.9 Å². The van der Waals surface area contributed by atoms with E-state index >= 15 is 0 Å². The van der Waals surface area contributed by atoms with Gasteiger partial charge in [-0.25, -0.2) is 0 Å². The Labute approximate surface area is 149 Å². The van der Waals surface area contributed by atoms with Gasteiger partial charge in [0.2, 0.25) is 5.43 Å². The summed E-state index contributed by atoms with van der Waals surface area (Å²) in [7, 11) is 0. The molecular weight excluding hydrogens is 372 g/mol. The maximum absolute atomic E-state index is 13.0. The fourth-order valence-electron chi connectivity index (χ4n) is 3.17. The van der Waals surface area contributed by atoms with Crippen molar-refractivity contribution in [2.45, 2.75) is 26.3 Å². The number of amides is 1. The molecule has 0 bridgehead atoms. The molecule has 0 radical (unpaired) electrons. The lowest BCUT2D eigenvalue weighted by Crippen LogP contribution is -2.50. The van der Waals surface area contributed by atoms with Crippen LogP contribution in [0.15, 0.2) is 33.7 Å². The number of hydrogen-bond acceptors (Lipinski definition) is 3. The molecule has 1 saturated heterocycles. The molecule has 3 rings (SSSR count). The van der Waals surface area contributed by atoms with Crippen molar-refractivity contribution in [2.24, 2.45) is 5.92 Å². The molecule has 1 aromatic heterocycles. The second kappa shape index (κ2) is 7.07. The van der Waals surface area contributed by atoms with Gasteiger partial charge in [0.05, 0.1) is 19.3 Å². The van der Waals surface area contributed by atoms with Crippen molar-refractivity contribution >= 4 is 32.7 Å². The molecule has 1 N–H and O–H groups in total. The predicted octanol–water partition coefficient (Wildman–Crippen LogP) is 3.18. The first-order valence-electron chi connectivity index (χ1n) is 8.17. The van der Waals surface area contributed by atoms with E-state index in [0.29, 0.717) is 31.1 Å². The Balaban J connectivity index is 1.98. The molecule has 1 aliphatic heterocycles. The molecule has 1 amide bonds. The Kier molecular flexibility index (Phi) is 5.06. The third-order valence-electron chi connectivity index (χ3n) is 4.31. The normalized spacial score (nSPS) is 18.3. The van der Waals surface area contributed by atoms with E-state index in [-0.39, 0.29) is 22.9 Å². The minimum atomic E-state index is -0.232. The molecule has 1 fully saturated rings. The van der Waals surface area contributed by atoms with E-state index in [4.69, 9.17) is 4.74 Å². The number of hydrogen-bond donors (Lipinski definition) is 1. The minimum Gasteiger partial charge on any atom is -0.377 e. The van der Waals surface area contributed by atoms with Gasteiger partial charge in [-0.2, -0.15) is 0 Å². The van der Waals surface area contributed by atoms with Crippen LogP contribution in [0.4, 0.5) is 0 Å². The average Bonchev–Trinajstić information content (AvgIpc) is 2.55. The molecule has 1 atom stereocenters. The molecular formula is C18H21BrN2O3. The zero-order chi connectivity index (χ0) is 17.3. The van der Waals surface area contributed by atoms with Gasteiger partial charge in [-0.05, 0) is 30.5 Å². The smallest absolute Gasteiger partial charge is 0.259 e. The SMILES string of the molecule is CC(C)CC1COCCN1C(=O)c1c[nH]c2ccc(Br)cc2c1=O. The first-order chi connectivity index (χ1) is 11.5. The van der Waals surface area contributed by atoms with Crippen LogP contribution in [0.2, 0.25) is 0 Å². The topological polar surface area (TPSA) is 62.4 Å². The highest BCUT2D eigenvalue weighted by Crippen LogP contribution is 2.19. The molecule has 2 aromatic rings. The Bertz CT molecular complexity index is 816. The molecule has 24 heavy (non-hydrogen) atoms. The highest BCUT2D eigenvalue weighted by Gasteiger charge is 2.30. The standard InChI is InChI=1S/C18H21BrN2O3/c1-11(2)7-13-10-24-6-5-21(13)18(23)15-9-20-16-4-3-12(19)8-14(16)17(15)22/h3-4,8-9,11,13H,5-7,10H2,1-2H3,(H,20,22). The molecule has 0 saturated carbocycles. The fourth-order valence-corrected chi connectivity index (χ4v) is 3.53. The number of aromatic nitrogens is 1. The lowest BCUT2D eigenvalue weighted by atomic mass is 10.0. The van der Waals surface area contributed by atoms with Gasteiger partial charge in [-0.1, -0.05) is 29.8 Å². The summed E-state index contributed by atoms with van der Waals surface area (Å²) < 4.78 is 6.34. The molecule has 5 nitrogen and oxygen atoms in total. The summed E-state index contributed by atoms with van der Waals surface area (Å²) in [6.45, 7) is 5.81. The number of carbonyl (C=O) groups excluding carboxylic acids is 1. The number of pyridine rings is 1. The molecule has 128 valence electrons. The van der Waals surface area contributed by atoms with Crippen molar-refractivity contribution in [3.63, 3.8) is 0 Å². The highest BCUT2D eigenvalue weighted by molar-refractivity contribution is 9.10. The van der Waals surface area contributed by atoms with Gasteiger partial charge in [-0.15, -0.1) is 0 Å². The van der Waals surface area contributed by atoms with E-state index in [9.17, 15) is 9.59 Å². The van der Waals surface area contributed by atoms with Crippen molar-refractivity contribution in [2.75, 3.05) is 19.8 Å². The summed E-state index contributed by atoms with van der Waals surface area (Å²) in [6, 6.07) is 5.45. The second-order valence-corrected chi connectivity index (χ2v) is 7.49. The van der Waals surface area contributed by atoms with Crippen LogP contribution < -0.4 is 5.43 Å². The Morgan fingerprint density at radius 3 is 3.00 bits per heavy atom. The number of nitrogens with zero attached hydrogens (tertiary/aromatic N) is 1. The monoisotopic (exact) mass is 392 g/mol. The van der Waals surface area contributed by atoms with Crippen LogP contribution in [0, 0.1) is 5.92 Å². The summed E-state index contributed by atoms with van der Waals surface area (Å²) in [5.74, 6) is 0.241. The summed E-state index contributed by atoms with van der Waals surface area (Å²) in [5.41, 5.74) is 0.682. The van der Waals surface area contributed by atoms with E-state index in [2.05, 4.69) is 34.8 Å². The van der Waals surface area contributed by atoms with Crippen molar-refractivity contribution < 1.29 is 9.53 Å². The van der Waals surface area contributed by atoms with Crippen LogP contribution in [0.5, 0.6) is 0 Å². The zero-order valence-corrected chi connectivity index (χ0v) is 15.4. The predicted molar refractivity (Wildman–Crippen MR) is 97.4 cm³/mol. The van der Waals surface area contributed by atoms with E-state index in [1.54, 1.807) is 11.0 Å². The lowest BCUT2D eigenvalue weighted by Gasteiger charge is -2.36. The summed E-state index contributed by atoms with van der Waals surface area (Å²) in [6.07, 6.45) is 2.39. The largest absolute Gasteiger partial charge is 0.377 e. The number of morpholine rings is 1. The average molecular weight is 393 g/mol. The third kappa shape index (κ3) is 3.39. The molecule has 1 unspecified atom stereocenters. The fraction of sp³-hybridized carbons (Fsp3) is 0.444. The Morgan fingerprint density at radius 1 is 1.46 bits per heavy atom. The lowest BCUT2D eigenvalue weighted by molar-refractivity contribution is -0.00753. The quantitative estimate of drug-likeness (QED) is 0.872. The van der Waals surface area contributed by atoms with Crippen molar-refractivity contribution in [3.05, 3.63) is 44.7 Å². The van der Waals surface area contributed by atoms with E-state index in [0.717, 1.165) is 16.4 Å². The van der Waals surface area contributed by atoms with E-state index in [1.807, 2.05) is 12.1 Å². The van der Waals surface area contributed by atoms with Gasteiger partial charge in [0.1, 0.15) is 5.56 Å². The summed E-state index contributed by atoms with van der Waals surface area (Å²) in [4.78, 5) is 30.6. The van der Waals surface area contributed by atoms with Crippen molar-refractivity contribution in [3.8, 4) is 0 Å². The van der Waals surface area contributed by atoms with Crippen LogP contribution >= 0.6 is 15.9 Å². The molecule has 2 heterocycles. The number of rotatable bonds is 3. The molecule has 6 heteroatoms. The molecule has 1 aliphatic rings. The maximum atomic E-state index is 13.0. The van der Waals surface area contributed by atoms with Gasteiger partial charge < -0.3 is 14.6 Å². The summed E-state index contributed by atoms with van der Waals surface area (Å²) in [5, 5.41) is 0.517. The number of carbonyl (C=O) groups is 1. The number of ether oxygens (including phenoxy) is 1. The van der Waals surface area contributed by atoms with E-state index < -0.39 is 0 Å². The minimum absolute atomic E-state index is 0.0175.